The van der Waals surface area contributed by atoms with Crippen LogP contribution in [-0.2, 0) is 6.54 Å². The summed E-state index contributed by atoms with van der Waals surface area (Å²) < 4.78 is 5.54. The Bertz CT molecular complexity index is 601. The molecule has 0 bridgehead atoms. The van der Waals surface area contributed by atoms with Crippen LogP contribution in [0.4, 0.5) is 0 Å². The number of nitrogens with one attached hydrogen (secondary N) is 2. The van der Waals surface area contributed by atoms with Gasteiger partial charge < -0.3 is 15.1 Å². The molecular weight excluding hydrogens is 294 g/mol. The fourth-order valence-electron chi connectivity index (χ4n) is 2.27. The van der Waals surface area contributed by atoms with Crippen LogP contribution in [0.25, 0.3) is 0 Å². The van der Waals surface area contributed by atoms with Crippen molar-refractivity contribution in [2.75, 3.05) is 13.1 Å². The van der Waals surface area contributed by atoms with Gasteiger partial charge in [0.1, 0.15) is 11.5 Å². The zero-order valence-corrected chi connectivity index (χ0v) is 14.6. The average molecular weight is 319 g/mol. The quantitative estimate of drug-likeness (QED) is 0.628. The van der Waals surface area contributed by atoms with Crippen molar-refractivity contribution < 1.29 is 4.42 Å². The molecule has 120 valence electrons. The van der Waals surface area contributed by atoms with E-state index in [1.165, 1.54) is 5.56 Å². The summed E-state index contributed by atoms with van der Waals surface area (Å²) in [5.41, 5.74) is 2.51. The minimum Gasteiger partial charge on any atom is -0.466 e. The first kappa shape index (κ1) is 16.6. The average Bonchev–Trinajstić information content (AvgIpc) is 3.11. The van der Waals surface area contributed by atoms with Crippen LogP contribution in [0.2, 0.25) is 0 Å². The Kier molecular flexibility index (Phi) is 6.07. The Morgan fingerprint density at radius 2 is 2.18 bits per heavy atom. The van der Waals surface area contributed by atoms with E-state index >= 15 is 0 Å². The Morgan fingerprint density at radius 1 is 1.36 bits per heavy atom. The zero-order chi connectivity index (χ0) is 15.9. The number of aryl methyl sites for hydroxylation is 2. The molecule has 0 fully saturated rings. The van der Waals surface area contributed by atoms with Gasteiger partial charge in [0.05, 0.1) is 6.54 Å². The van der Waals surface area contributed by atoms with Crippen molar-refractivity contribution in [3.63, 3.8) is 0 Å². The molecule has 2 aromatic rings. The highest BCUT2D eigenvalue weighted by Gasteiger charge is 2.08. The van der Waals surface area contributed by atoms with Crippen LogP contribution in [0.15, 0.2) is 32.3 Å². The van der Waals surface area contributed by atoms with E-state index in [2.05, 4.69) is 52.4 Å². The minimum atomic E-state index is 0.466. The lowest BCUT2D eigenvalue weighted by Gasteiger charge is -2.15. The van der Waals surface area contributed by atoms with Crippen molar-refractivity contribution in [1.29, 1.82) is 0 Å². The number of furan rings is 1. The summed E-state index contributed by atoms with van der Waals surface area (Å²) in [7, 11) is 0. The molecule has 1 unspecified atom stereocenters. The van der Waals surface area contributed by atoms with Gasteiger partial charge in [-0.15, -0.1) is 0 Å². The van der Waals surface area contributed by atoms with E-state index in [-0.39, 0.29) is 0 Å². The number of thiophene rings is 1. The standard InChI is InChI=1S/C17H25N3OS/c1-5-18-17(19-9-12(2)15-6-7-22-11-15)20-10-16-8-13(3)21-14(16)4/h6-8,11-12H,5,9-10H2,1-4H3,(H2,18,19,20). The van der Waals surface area contributed by atoms with Gasteiger partial charge in [-0.1, -0.05) is 6.92 Å². The predicted molar refractivity (Wildman–Crippen MR) is 93.7 cm³/mol. The monoisotopic (exact) mass is 319 g/mol. The van der Waals surface area contributed by atoms with E-state index in [1.807, 2.05) is 13.8 Å². The molecule has 0 aliphatic carbocycles. The molecule has 0 spiro atoms. The normalized spacial score (nSPS) is 13.2. The zero-order valence-electron chi connectivity index (χ0n) is 13.8. The first-order valence-corrected chi connectivity index (χ1v) is 8.64. The van der Waals surface area contributed by atoms with E-state index in [0.717, 1.165) is 36.1 Å². The van der Waals surface area contributed by atoms with E-state index in [4.69, 9.17) is 4.42 Å². The summed E-state index contributed by atoms with van der Waals surface area (Å²) in [6.07, 6.45) is 0. The minimum absolute atomic E-state index is 0.466. The molecule has 2 heterocycles. The molecule has 2 N–H and O–H groups in total. The Balaban J connectivity index is 1.94. The molecule has 0 aliphatic heterocycles. The second kappa shape index (κ2) is 8.03. The highest BCUT2D eigenvalue weighted by molar-refractivity contribution is 7.07. The molecule has 0 saturated heterocycles. The third-order valence-corrected chi connectivity index (χ3v) is 4.28. The molecule has 2 rings (SSSR count). The number of aliphatic imine (C=N–C) groups is 1. The Labute approximate surface area is 136 Å². The molecule has 0 amide bonds. The first-order chi connectivity index (χ1) is 10.6. The summed E-state index contributed by atoms with van der Waals surface area (Å²) in [6.45, 7) is 10.6. The van der Waals surface area contributed by atoms with E-state index in [0.29, 0.717) is 12.5 Å². The lowest BCUT2D eigenvalue weighted by molar-refractivity contribution is 0.501. The van der Waals surface area contributed by atoms with Crippen LogP contribution in [0.1, 0.15) is 42.4 Å². The molecule has 5 heteroatoms. The Morgan fingerprint density at radius 3 is 2.77 bits per heavy atom. The van der Waals surface area contributed by atoms with Crippen molar-refractivity contribution in [2.24, 2.45) is 4.99 Å². The predicted octanol–water partition coefficient (Wildman–Crippen LogP) is 3.82. The number of rotatable bonds is 6. The topological polar surface area (TPSA) is 49.6 Å². The van der Waals surface area contributed by atoms with Crippen molar-refractivity contribution in [3.05, 3.63) is 45.5 Å². The molecule has 2 aromatic heterocycles. The SMILES string of the molecule is CCNC(=NCc1cc(C)oc1C)NCC(C)c1ccsc1. The van der Waals surface area contributed by atoms with Gasteiger partial charge in [-0.3, -0.25) is 0 Å². The van der Waals surface area contributed by atoms with Gasteiger partial charge in [0.2, 0.25) is 0 Å². The fraction of sp³-hybridized carbons (Fsp3) is 0.471. The third-order valence-electron chi connectivity index (χ3n) is 3.58. The fourth-order valence-corrected chi connectivity index (χ4v) is 3.05. The van der Waals surface area contributed by atoms with Gasteiger partial charge in [-0.2, -0.15) is 11.3 Å². The molecule has 0 saturated carbocycles. The van der Waals surface area contributed by atoms with Crippen LogP contribution in [0.5, 0.6) is 0 Å². The van der Waals surface area contributed by atoms with Gasteiger partial charge in [-0.25, -0.2) is 4.99 Å². The molecule has 22 heavy (non-hydrogen) atoms. The van der Waals surface area contributed by atoms with Gasteiger partial charge in [-0.05, 0) is 55.1 Å². The van der Waals surface area contributed by atoms with Crippen LogP contribution >= 0.6 is 11.3 Å². The number of nitrogens with zero attached hydrogens (tertiary/aromatic N) is 1. The maximum Gasteiger partial charge on any atom is 0.191 e. The van der Waals surface area contributed by atoms with Crippen molar-refractivity contribution in [2.45, 2.75) is 40.2 Å². The highest BCUT2D eigenvalue weighted by Crippen LogP contribution is 2.17. The molecule has 1 atom stereocenters. The maximum atomic E-state index is 5.54. The smallest absolute Gasteiger partial charge is 0.191 e. The third kappa shape index (κ3) is 4.63. The van der Waals surface area contributed by atoms with E-state index < -0.39 is 0 Å². The van der Waals surface area contributed by atoms with Gasteiger partial charge >= 0.3 is 0 Å². The van der Waals surface area contributed by atoms with Crippen LogP contribution < -0.4 is 10.6 Å². The van der Waals surface area contributed by atoms with E-state index in [1.54, 1.807) is 11.3 Å². The van der Waals surface area contributed by atoms with Crippen LogP contribution in [-0.4, -0.2) is 19.0 Å². The maximum absolute atomic E-state index is 5.54. The lowest BCUT2D eigenvalue weighted by atomic mass is 10.1. The number of guanidine groups is 1. The van der Waals surface area contributed by atoms with Gasteiger partial charge in [0, 0.05) is 18.7 Å². The summed E-state index contributed by atoms with van der Waals surface area (Å²) in [4.78, 5) is 4.65. The van der Waals surface area contributed by atoms with Crippen LogP contribution in [0.3, 0.4) is 0 Å². The highest BCUT2D eigenvalue weighted by atomic mass is 32.1. The largest absolute Gasteiger partial charge is 0.466 e. The number of hydrogen-bond acceptors (Lipinski definition) is 3. The molecule has 0 aromatic carbocycles. The van der Waals surface area contributed by atoms with Crippen LogP contribution in [0, 0.1) is 13.8 Å². The second-order valence-electron chi connectivity index (χ2n) is 5.47. The van der Waals surface area contributed by atoms with Crippen molar-refractivity contribution in [3.8, 4) is 0 Å². The summed E-state index contributed by atoms with van der Waals surface area (Å²) in [5.74, 6) is 3.20. The summed E-state index contributed by atoms with van der Waals surface area (Å²) in [6, 6.07) is 4.23. The van der Waals surface area contributed by atoms with E-state index in [9.17, 15) is 0 Å². The second-order valence-corrected chi connectivity index (χ2v) is 6.25. The van der Waals surface area contributed by atoms with Crippen molar-refractivity contribution in [1.82, 2.24) is 10.6 Å². The molecule has 0 radical (unpaired) electrons. The van der Waals surface area contributed by atoms with Gasteiger partial charge in [0.25, 0.3) is 0 Å². The number of hydrogen-bond donors (Lipinski definition) is 2. The Hall–Kier alpha value is -1.75. The van der Waals surface area contributed by atoms with Crippen molar-refractivity contribution >= 4 is 17.3 Å². The van der Waals surface area contributed by atoms with Gasteiger partial charge in [0.15, 0.2) is 5.96 Å². The molecule has 0 aliphatic rings. The molecular formula is C17H25N3OS. The lowest BCUT2D eigenvalue weighted by Crippen LogP contribution is -2.39. The summed E-state index contributed by atoms with van der Waals surface area (Å²) in [5, 5.41) is 11.0. The summed E-state index contributed by atoms with van der Waals surface area (Å²) >= 11 is 1.74. The molecule has 4 nitrogen and oxygen atoms in total. The first-order valence-electron chi connectivity index (χ1n) is 7.70.